The SMILES string of the molecule is Cc1cccc(Cn2c(COc3ccccc3C)nc3ccccc32)c1. The second-order valence-corrected chi connectivity index (χ2v) is 6.65. The lowest BCUT2D eigenvalue weighted by Gasteiger charge is -2.12. The van der Waals surface area contributed by atoms with Gasteiger partial charge in [-0.15, -0.1) is 0 Å². The van der Waals surface area contributed by atoms with Gasteiger partial charge in [0.25, 0.3) is 0 Å². The van der Waals surface area contributed by atoms with Crippen LogP contribution in [0.3, 0.4) is 0 Å². The van der Waals surface area contributed by atoms with Gasteiger partial charge < -0.3 is 9.30 Å². The maximum absolute atomic E-state index is 6.07. The first-order chi connectivity index (χ1) is 12.7. The third kappa shape index (κ3) is 3.33. The average molecular weight is 342 g/mol. The Balaban J connectivity index is 1.68. The first-order valence-electron chi connectivity index (χ1n) is 8.89. The fourth-order valence-electron chi connectivity index (χ4n) is 3.27. The van der Waals surface area contributed by atoms with Crippen LogP contribution in [0.1, 0.15) is 22.5 Å². The number of nitrogens with zero attached hydrogens (tertiary/aromatic N) is 2. The molecule has 3 nitrogen and oxygen atoms in total. The number of ether oxygens (including phenoxy) is 1. The van der Waals surface area contributed by atoms with Crippen molar-refractivity contribution in [3.8, 4) is 5.75 Å². The molecule has 0 aliphatic carbocycles. The summed E-state index contributed by atoms with van der Waals surface area (Å²) in [5, 5.41) is 0. The summed E-state index contributed by atoms with van der Waals surface area (Å²) in [6.07, 6.45) is 0. The van der Waals surface area contributed by atoms with Gasteiger partial charge in [0.2, 0.25) is 0 Å². The quantitative estimate of drug-likeness (QED) is 0.493. The number of hydrogen-bond donors (Lipinski definition) is 0. The highest BCUT2D eigenvalue weighted by Gasteiger charge is 2.12. The predicted molar refractivity (Wildman–Crippen MR) is 106 cm³/mol. The first-order valence-corrected chi connectivity index (χ1v) is 8.89. The highest BCUT2D eigenvalue weighted by Crippen LogP contribution is 2.22. The Morgan fingerprint density at radius 2 is 1.69 bits per heavy atom. The molecule has 4 rings (SSSR count). The van der Waals surface area contributed by atoms with Crippen LogP contribution in [0.25, 0.3) is 11.0 Å². The van der Waals surface area contributed by atoms with Gasteiger partial charge >= 0.3 is 0 Å². The van der Waals surface area contributed by atoms with Gasteiger partial charge in [-0.2, -0.15) is 0 Å². The smallest absolute Gasteiger partial charge is 0.148 e. The molecule has 0 bridgehead atoms. The standard InChI is InChI=1S/C23H22N2O/c1-17-8-7-10-19(14-17)15-25-21-12-5-4-11-20(21)24-23(25)16-26-22-13-6-3-9-18(22)2/h3-14H,15-16H2,1-2H3. The molecule has 0 unspecified atom stereocenters. The van der Waals surface area contributed by atoms with Crippen molar-refractivity contribution < 1.29 is 4.74 Å². The number of para-hydroxylation sites is 3. The molecule has 0 saturated heterocycles. The van der Waals surface area contributed by atoms with Crippen molar-refractivity contribution in [2.45, 2.75) is 27.0 Å². The molecule has 130 valence electrons. The lowest BCUT2D eigenvalue weighted by molar-refractivity contribution is 0.289. The third-order valence-electron chi connectivity index (χ3n) is 4.61. The summed E-state index contributed by atoms with van der Waals surface area (Å²) < 4.78 is 8.32. The molecule has 0 atom stereocenters. The summed E-state index contributed by atoms with van der Waals surface area (Å²) in [6, 6.07) is 25.0. The summed E-state index contributed by atoms with van der Waals surface area (Å²) in [5.41, 5.74) is 5.81. The minimum Gasteiger partial charge on any atom is -0.485 e. The van der Waals surface area contributed by atoms with Gasteiger partial charge in [-0.3, -0.25) is 0 Å². The molecular formula is C23H22N2O. The van der Waals surface area contributed by atoms with Crippen molar-refractivity contribution in [2.24, 2.45) is 0 Å². The molecule has 3 aromatic carbocycles. The molecule has 3 heteroatoms. The van der Waals surface area contributed by atoms with Gasteiger partial charge in [0.05, 0.1) is 11.0 Å². The van der Waals surface area contributed by atoms with E-state index in [4.69, 9.17) is 9.72 Å². The molecule has 0 aliphatic rings. The van der Waals surface area contributed by atoms with Crippen LogP contribution in [0, 0.1) is 13.8 Å². The Morgan fingerprint density at radius 3 is 2.54 bits per heavy atom. The van der Waals surface area contributed by atoms with Gasteiger partial charge in [0, 0.05) is 6.54 Å². The fourth-order valence-corrected chi connectivity index (χ4v) is 3.27. The lowest BCUT2D eigenvalue weighted by atomic mass is 10.1. The van der Waals surface area contributed by atoms with Crippen molar-refractivity contribution in [2.75, 3.05) is 0 Å². The summed E-state index contributed by atoms with van der Waals surface area (Å²) in [4.78, 5) is 4.81. The molecule has 26 heavy (non-hydrogen) atoms. The number of benzene rings is 3. The van der Waals surface area contributed by atoms with Gasteiger partial charge in [-0.05, 0) is 43.2 Å². The van der Waals surface area contributed by atoms with Crippen LogP contribution in [0.5, 0.6) is 5.75 Å². The number of hydrogen-bond acceptors (Lipinski definition) is 2. The van der Waals surface area contributed by atoms with Crippen LogP contribution in [0.4, 0.5) is 0 Å². The Kier molecular flexibility index (Phi) is 4.44. The van der Waals surface area contributed by atoms with E-state index < -0.39 is 0 Å². The van der Waals surface area contributed by atoms with E-state index in [1.807, 2.05) is 24.3 Å². The average Bonchev–Trinajstić information content (AvgIpc) is 2.99. The minimum atomic E-state index is 0.450. The molecule has 0 radical (unpaired) electrons. The highest BCUT2D eigenvalue weighted by molar-refractivity contribution is 5.76. The molecule has 0 fully saturated rings. The highest BCUT2D eigenvalue weighted by atomic mass is 16.5. The van der Waals surface area contributed by atoms with E-state index in [0.29, 0.717) is 6.61 Å². The van der Waals surface area contributed by atoms with Gasteiger partial charge in [-0.1, -0.05) is 60.2 Å². The van der Waals surface area contributed by atoms with E-state index in [1.165, 1.54) is 11.1 Å². The Morgan fingerprint density at radius 1 is 0.885 bits per heavy atom. The van der Waals surface area contributed by atoms with Crippen molar-refractivity contribution in [1.29, 1.82) is 0 Å². The molecular weight excluding hydrogens is 320 g/mol. The topological polar surface area (TPSA) is 27.1 Å². The molecule has 0 spiro atoms. The number of imidazole rings is 1. The lowest BCUT2D eigenvalue weighted by Crippen LogP contribution is -2.09. The Hall–Kier alpha value is -3.07. The number of fused-ring (bicyclic) bond motifs is 1. The van der Waals surface area contributed by atoms with E-state index in [9.17, 15) is 0 Å². The van der Waals surface area contributed by atoms with Gasteiger partial charge in [0.15, 0.2) is 0 Å². The van der Waals surface area contributed by atoms with Crippen LogP contribution in [-0.4, -0.2) is 9.55 Å². The number of aryl methyl sites for hydroxylation is 2. The van der Waals surface area contributed by atoms with Crippen molar-refractivity contribution in [1.82, 2.24) is 9.55 Å². The minimum absolute atomic E-state index is 0.450. The molecule has 0 N–H and O–H groups in total. The van der Waals surface area contributed by atoms with Gasteiger partial charge in [-0.25, -0.2) is 4.98 Å². The second-order valence-electron chi connectivity index (χ2n) is 6.65. The summed E-state index contributed by atoms with van der Waals surface area (Å²) in [6.45, 7) is 5.42. The Bertz CT molecular complexity index is 1050. The fraction of sp³-hybridized carbons (Fsp3) is 0.174. The largest absolute Gasteiger partial charge is 0.485 e. The predicted octanol–water partition coefficient (Wildman–Crippen LogP) is 5.28. The molecule has 1 heterocycles. The second kappa shape index (κ2) is 7.04. The molecule has 0 amide bonds. The van der Waals surface area contributed by atoms with Crippen molar-refractivity contribution >= 4 is 11.0 Å². The maximum Gasteiger partial charge on any atom is 0.148 e. The van der Waals surface area contributed by atoms with Crippen LogP contribution in [-0.2, 0) is 13.2 Å². The Labute approximate surface area is 153 Å². The van der Waals surface area contributed by atoms with Crippen LogP contribution < -0.4 is 4.74 Å². The normalized spacial score (nSPS) is 11.0. The number of rotatable bonds is 5. The first kappa shape index (κ1) is 16.4. The van der Waals surface area contributed by atoms with Crippen molar-refractivity contribution in [3.05, 3.63) is 95.3 Å². The van der Waals surface area contributed by atoms with Crippen LogP contribution in [0.15, 0.2) is 72.8 Å². The summed E-state index contributed by atoms with van der Waals surface area (Å²) in [7, 11) is 0. The molecule has 4 aromatic rings. The molecule has 0 saturated carbocycles. The third-order valence-corrected chi connectivity index (χ3v) is 4.61. The van der Waals surface area contributed by atoms with Gasteiger partial charge in [0.1, 0.15) is 18.2 Å². The van der Waals surface area contributed by atoms with E-state index in [-0.39, 0.29) is 0 Å². The maximum atomic E-state index is 6.07. The number of aromatic nitrogens is 2. The zero-order chi connectivity index (χ0) is 17.9. The van der Waals surface area contributed by atoms with Crippen LogP contribution >= 0.6 is 0 Å². The van der Waals surface area contributed by atoms with E-state index in [0.717, 1.165) is 34.7 Å². The summed E-state index contributed by atoms with van der Waals surface area (Å²) >= 11 is 0. The monoisotopic (exact) mass is 342 g/mol. The van der Waals surface area contributed by atoms with E-state index in [2.05, 4.69) is 66.9 Å². The summed E-state index contributed by atoms with van der Waals surface area (Å²) in [5.74, 6) is 1.85. The van der Waals surface area contributed by atoms with Crippen LogP contribution in [0.2, 0.25) is 0 Å². The zero-order valence-electron chi connectivity index (χ0n) is 15.1. The molecule has 0 aliphatic heterocycles. The van der Waals surface area contributed by atoms with Crippen molar-refractivity contribution in [3.63, 3.8) is 0 Å². The zero-order valence-corrected chi connectivity index (χ0v) is 15.1. The van der Waals surface area contributed by atoms with E-state index >= 15 is 0 Å². The molecule has 1 aromatic heterocycles. The van der Waals surface area contributed by atoms with E-state index in [1.54, 1.807) is 0 Å².